The van der Waals surface area contributed by atoms with Crippen LogP contribution in [0, 0.1) is 0 Å². The lowest BCUT2D eigenvalue weighted by molar-refractivity contribution is 1.23. The third-order valence-electron chi connectivity index (χ3n) is 1.46. The van der Waals surface area contributed by atoms with E-state index >= 15 is 0 Å². The minimum atomic E-state index is 0. The van der Waals surface area contributed by atoms with Crippen molar-refractivity contribution < 1.29 is 0 Å². The number of hydrogen-bond donors (Lipinski definition) is 0. The molecule has 13 heavy (non-hydrogen) atoms. The van der Waals surface area contributed by atoms with E-state index < -0.39 is 0 Å². The minimum absolute atomic E-state index is 0. The van der Waals surface area contributed by atoms with Gasteiger partial charge in [0.1, 0.15) is 5.01 Å². The first-order valence-electron chi connectivity index (χ1n) is 3.43. The molecule has 0 amide bonds. The molecule has 0 aliphatic rings. The molecule has 0 spiro atoms. The van der Waals surface area contributed by atoms with Crippen molar-refractivity contribution >= 4 is 46.7 Å². The number of halogens is 2. The molecule has 0 fully saturated rings. The molecule has 0 N–H and O–H groups in total. The zero-order valence-corrected chi connectivity index (χ0v) is 9.77. The van der Waals surface area contributed by atoms with Crippen molar-refractivity contribution in [2.45, 2.75) is 5.88 Å². The first kappa shape index (κ1) is 11.0. The molecule has 5 heteroatoms. The van der Waals surface area contributed by atoms with Gasteiger partial charge in [-0.15, -0.1) is 35.3 Å². The van der Waals surface area contributed by atoms with Crippen LogP contribution in [-0.2, 0) is 5.88 Å². The maximum Gasteiger partial charge on any atom is 0.124 e. The first-order valence-corrected chi connectivity index (χ1v) is 5.79. The van der Waals surface area contributed by atoms with Crippen LogP contribution in [0.4, 0.5) is 0 Å². The fourth-order valence-electron chi connectivity index (χ4n) is 0.887. The predicted molar refractivity (Wildman–Crippen MR) is 62.2 cm³/mol. The molecule has 2 rings (SSSR count). The molecule has 1 nitrogen and oxygen atoms in total. The molecule has 0 aliphatic carbocycles. The second kappa shape index (κ2) is 4.96. The standard InChI is InChI=1S/C8H6ClNS2.ClH/c9-3-7-5-12-8(10-7)6-1-2-11-4-6;/h1-2,4-5H,3H2;1H. The Bertz CT molecular complexity index is 356. The van der Waals surface area contributed by atoms with E-state index in [9.17, 15) is 0 Å². The van der Waals surface area contributed by atoms with Crippen LogP contribution in [0.1, 0.15) is 5.69 Å². The molecule has 0 saturated heterocycles. The van der Waals surface area contributed by atoms with Gasteiger partial charge < -0.3 is 0 Å². The van der Waals surface area contributed by atoms with Gasteiger partial charge in [0, 0.05) is 16.3 Å². The molecule has 0 radical (unpaired) electrons. The van der Waals surface area contributed by atoms with E-state index in [1.165, 1.54) is 5.56 Å². The highest BCUT2D eigenvalue weighted by molar-refractivity contribution is 7.14. The first-order chi connectivity index (χ1) is 5.90. The van der Waals surface area contributed by atoms with Gasteiger partial charge in [0.2, 0.25) is 0 Å². The normalized spacial score (nSPS) is 9.62. The summed E-state index contributed by atoms with van der Waals surface area (Å²) in [6.45, 7) is 0. The number of aromatic nitrogens is 1. The van der Waals surface area contributed by atoms with Crippen LogP contribution in [0.2, 0.25) is 0 Å². The Labute approximate surface area is 95.8 Å². The van der Waals surface area contributed by atoms with Crippen molar-refractivity contribution in [2.24, 2.45) is 0 Å². The van der Waals surface area contributed by atoms with Crippen molar-refractivity contribution in [3.8, 4) is 10.6 Å². The number of nitrogens with zero attached hydrogens (tertiary/aromatic N) is 1. The molecule has 0 bridgehead atoms. The summed E-state index contributed by atoms with van der Waals surface area (Å²) in [5, 5.41) is 7.21. The van der Waals surface area contributed by atoms with Crippen molar-refractivity contribution in [3.05, 3.63) is 27.9 Å². The zero-order valence-electron chi connectivity index (χ0n) is 6.57. The van der Waals surface area contributed by atoms with Crippen LogP contribution in [-0.4, -0.2) is 4.98 Å². The molecular formula is C8H7Cl2NS2. The van der Waals surface area contributed by atoms with Crippen LogP contribution < -0.4 is 0 Å². The second-order valence-electron chi connectivity index (χ2n) is 2.29. The Morgan fingerprint density at radius 2 is 2.23 bits per heavy atom. The lowest BCUT2D eigenvalue weighted by Gasteiger charge is -1.86. The number of rotatable bonds is 2. The Balaban J connectivity index is 0.000000845. The van der Waals surface area contributed by atoms with E-state index in [1.807, 2.05) is 5.38 Å². The lowest BCUT2D eigenvalue weighted by atomic mass is 10.4. The van der Waals surface area contributed by atoms with Crippen LogP contribution >= 0.6 is 46.7 Å². The summed E-state index contributed by atoms with van der Waals surface area (Å²) in [6, 6.07) is 2.07. The number of alkyl halides is 1. The van der Waals surface area contributed by atoms with Gasteiger partial charge in [0.15, 0.2) is 0 Å². The molecular weight excluding hydrogens is 245 g/mol. The van der Waals surface area contributed by atoms with Crippen molar-refractivity contribution in [3.63, 3.8) is 0 Å². The van der Waals surface area contributed by atoms with Crippen LogP contribution in [0.25, 0.3) is 10.6 Å². The Morgan fingerprint density at radius 1 is 1.38 bits per heavy atom. The Morgan fingerprint density at radius 3 is 2.77 bits per heavy atom. The average molecular weight is 252 g/mol. The van der Waals surface area contributed by atoms with E-state index in [-0.39, 0.29) is 12.4 Å². The third kappa shape index (κ3) is 2.44. The van der Waals surface area contributed by atoms with Crippen molar-refractivity contribution in [2.75, 3.05) is 0 Å². The molecule has 0 saturated carbocycles. The molecule has 2 heterocycles. The highest BCUT2D eigenvalue weighted by Gasteiger charge is 2.03. The monoisotopic (exact) mass is 251 g/mol. The summed E-state index contributed by atoms with van der Waals surface area (Å²) >= 11 is 8.98. The summed E-state index contributed by atoms with van der Waals surface area (Å²) in [4.78, 5) is 4.36. The van der Waals surface area contributed by atoms with Gasteiger partial charge >= 0.3 is 0 Å². The highest BCUT2D eigenvalue weighted by Crippen LogP contribution is 2.25. The largest absolute Gasteiger partial charge is 0.240 e. The highest BCUT2D eigenvalue weighted by atomic mass is 35.5. The number of hydrogen-bond acceptors (Lipinski definition) is 3. The van der Waals surface area contributed by atoms with Crippen molar-refractivity contribution in [1.82, 2.24) is 4.98 Å². The molecule has 0 unspecified atom stereocenters. The summed E-state index contributed by atoms with van der Waals surface area (Å²) in [5.41, 5.74) is 2.16. The minimum Gasteiger partial charge on any atom is -0.240 e. The quantitative estimate of drug-likeness (QED) is 0.735. The zero-order chi connectivity index (χ0) is 8.39. The second-order valence-corrected chi connectivity index (χ2v) is 4.20. The predicted octanol–water partition coefficient (Wildman–Crippen LogP) is 4.03. The van der Waals surface area contributed by atoms with Gasteiger partial charge in [-0.05, 0) is 11.4 Å². The van der Waals surface area contributed by atoms with Gasteiger partial charge in [0.05, 0.1) is 11.6 Å². The van der Waals surface area contributed by atoms with E-state index in [1.54, 1.807) is 22.7 Å². The van der Waals surface area contributed by atoms with Crippen molar-refractivity contribution in [1.29, 1.82) is 0 Å². The van der Waals surface area contributed by atoms with Gasteiger partial charge in [-0.1, -0.05) is 0 Å². The van der Waals surface area contributed by atoms with E-state index in [2.05, 4.69) is 21.8 Å². The maximum absolute atomic E-state index is 5.65. The molecule has 0 aliphatic heterocycles. The van der Waals surface area contributed by atoms with E-state index in [0.29, 0.717) is 5.88 Å². The molecule has 2 aromatic heterocycles. The Hall–Kier alpha value is -0.0900. The van der Waals surface area contributed by atoms with E-state index in [0.717, 1.165) is 10.7 Å². The summed E-state index contributed by atoms with van der Waals surface area (Å²) in [6.07, 6.45) is 0. The molecule has 2 aromatic rings. The fraction of sp³-hybridized carbons (Fsp3) is 0.125. The average Bonchev–Trinajstić information content (AvgIpc) is 2.75. The third-order valence-corrected chi connectivity index (χ3v) is 3.35. The molecule has 0 aromatic carbocycles. The van der Waals surface area contributed by atoms with Crippen LogP contribution in [0.5, 0.6) is 0 Å². The summed E-state index contributed by atoms with van der Waals surface area (Å²) < 4.78 is 0. The molecule has 0 atom stereocenters. The summed E-state index contributed by atoms with van der Waals surface area (Å²) in [5.74, 6) is 0.501. The smallest absolute Gasteiger partial charge is 0.124 e. The van der Waals surface area contributed by atoms with Gasteiger partial charge in [-0.3, -0.25) is 0 Å². The van der Waals surface area contributed by atoms with Gasteiger partial charge in [-0.2, -0.15) is 11.3 Å². The fourth-order valence-corrected chi connectivity index (χ4v) is 2.65. The number of thiazole rings is 1. The van der Waals surface area contributed by atoms with Gasteiger partial charge in [0.25, 0.3) is 0 Å². The SMILES string of the molecule is Cl.ClCc1csc(-c2ccsc2)n1. The van der Waals surface area contributed by atoms with Crippen LogP contribution in [0.3, 0.4) is 0 Å². The van der Waals surface area contributed by atoms with Crippen LogP contribution in [0.15, 0.2) is 22.2 Å². The van der Waals surface area contributed by atoms with E-state index in [4.69, 9.17) is 11.6 Å². The maximum atomic E-state index is 5.65. The molecule has 70 valence electrons. The van der Waals surface area contributed by atoms with Gasteiger partial charge in [-0.25, -0.2) is 4.98 Å². The Kier molecular flexibility index (Phi) is 4.19. The lowest BCUT2D eigenvalue weighted by Crippen LogP contribution is -1.76. The topological polar surface area (TPSA) is 12.9 Å². The summed E-state index contributed by atoms with van der Waals surface area (Å²) in [7, 11) is 0. The number of thiophene rings is 1.